The number of piperazine rings is 1. The van der Waals surface area contributed by atoms with Crippen LogP contribution in [0.15, 0.2) is 78.9 Å². The van der Waals surface area contributed by atoms with E-state index in [-0.39, 0.29) is 29.3 Å². The van der Waals surface area contributed by atoms with Crippen molar-refractivity contribution in [3.8, 4) is 0 Å². The van der Waals surface area contributed by atoms with E-state index >= 15 is 0 Å². The number of likely N-dealkylation sites (tertiary alicyclic amines) is 2. The summed E-state index contributed by atoms with van der Waals surface area (Å²) >= 11 is 4.92. The highest BCUT2D eigenvalue weighted by Crippen LogP contribution is 2.43. The summed E-state index contributed by atoms with van der Waals surface area (Å²) in [6, 6.07) is 29.4. The molecule has 7 rings (SSSR count). The summed E-state index contributed by atoms with van der Waals surface area (Å²) in [7, 11) is 0. The number of carbonyl (C=O) groups is 2. The Labute approximate surface area is 235 Å². The van der Waals surface area contributed by atoms with E-state index in [1.165, 1.54) is 34.2 Å². The van der Waals surface area contributed by atoms with Crippen LogP contribution in [-0.4, -0.2) is 57.7 Å². The molecule has 4 aliphatic heterocycles. The molecule has 0 aliphatic carbocycles. The fourth-order valence-electron chi connectivity index (χ4n) is 7.32. The Bertz CT molecular complexity index is 1340. The van der Waals surface area contributed by atoms with Gasteiger partial charge < -0.3 is 0 Å². The summed E-state index contributed by atoms with van der Waals surface area (Å²) in [6.45, 7) is 3.74. The Kier molecular flexibility index (Phi) is 6.55. The largest absolute Gasteiger partial charge is 0.295 e. The van der Waals surface area contributed by atoms with Crippen molar-refractivity contribution in [1.82, 2.24) is 20.0 Å². The van der Waals surface area contributed by atoms with Crippen LogP contribution in [0.5, 0.6) is 0 Å². The van der Waals surface area contributed by atoms with Crippen molar-refractivity contribution in [2.45, 2.75) is 61.9 Å². The second kappa shape index (κ2) is 10.2. The van der Waals surface area contributed by atoms with Gasteiger partial charge in [-0.2, -0.15) is 12.6 Å². The molecule has 2 unspecified atom stereocenters. The summed E-state index contributed by atoms with van der Waals surface area (Å²) < 4.78 is 0. The first-order valence-electron chi connectivity index (χ1n) is 14.0. The molecule has 2 amide bonds. The summed E-state index contributed by atoms with van der Waals surface area (Å²) in [5.41, 5.74) is 6.55. The van der Waals surface area contributed by atoms with E-state index in [9.17, 15) is 9.59 Å². The molecular weight excluding hydrogens is 504 g/mol. The second-order valence-electron chi connectivity index (χ2n) is 11.4. The molecule has 2 bridgehead atoms. The third kappa shape index (κ3) is 4.51. The predicted molar refractivity (Wildman–Crippen MR) is 154 cm³/mol. The molecule has 3 aromatic carbocycles. The van der Waals surface area contributed by atoms with Crippen LogP contribution >= 0.6 is 12.6 Å². The smallest absolute Gasteiger partial charge is 0.243 e. The van der Waals surface area contributed by atoms with Crippen LogP contribution in [0.3, 0.4) is 0 Å². The zero-order valence-electron chi connectivity index (χ0n) is 21.9. The maximum atomic E-state index is 12.6. The minimum absolute atomic E-state index is 0.132. The van der Waals surface area contributed by atoms with Gasteiger partial charge in [0.25, 0.3) is 0 Å². The molecule has 6 nitrogen and oxygen atoms in total. The van der Waals surface area contributed by atoms with Crippen LogP contribution in [0.4, 0.5) is 0 Å². The lowest BCUT2D eigenvalue weighted by Gasteiger charge is -2.39. The summed E-state index contributed by atoms with van der Waals surface area (Å²) in [5, 5.41) is 2.38. The first kappa shape index (κ1) is 25.0. The molecule has 200 valence electrons. The maximum absolute atomic E-state index is 12.6. The minimum Gasteiger partial charge on any atom is -0.295 e. The lowest BCUT2D eigenvalue weighted by molar-refractivity contribution is -0.137. The SMILES string of the molecule is O=C1CCC(N2Cc3c(CN4C[C@@H]5C[C@H]4CN5C(c4ccccc4)c4ccccc4)cccc3C2S)C(=O)N1. The Morgan fingerprint density at radius 3 is 2.23 bits per heavy atom. The monoisotopic (exact) mass is 538 g/mol. The Morgan fingerprint density at radius 1 is 0.872 bits per heavy atom. The van der Waals surface area contributed by atoms with Crippen molar-refractivity contribution < 1.29 is 9.59 Å². The summed E-state index contributed by atoms with van der Waals surface area (Å²) in [5.74, 6) is -0.368. The van der Waals surface area contributed by atoms with Gasteiger partial charge >= 0.3 is 0 Å². The molecule has 3 fully saturated rings. The van der Waals surface area contributed by atoms with E-state index in [0.29, 0.717) is 31.5 Å². The van der Waals surface area contributed by atoms with E-state index in [0.717, 1.165) is 19.6 Å². The number of hydrogen-bond acceptors (Lipinski definition) is 6. The number of imide groups is 1. The molecule has 4 atom stereocenters. The molecule has 4 aliphatic rings. The number of carbonyl (C=O) groups excluding carboxylic acids is 2. The van der Waals surface area contributed by atoms with Gasteiger partial charge in [0.2, 0.25) is 11.8 Å². The highest BCUT2D eigenvalue weighted by Gasteiger charge is 2.47. The van der Waals surface area contributed by atoms with Crippen molar-refractivity contribution in [1.29, 1.82) is 0 Å². The van der Waals surface area contributed by atoms with Crippen LogP contribution in [-0.2, 0) is 22.7 Å². The van der Waals surface area contributed by atoms with Crippen molar-refractivity contribution in [2.75, 3.05) is 13.1 Å². The maximum Gasteiger partial charge on any atom is 0.243 e. The van der Waals surface area contributed by atoms with Crippen molar-refractivity contribution >= 4 is 24.4 Å². The standard InChI is InChI=1S/C32H34N4O2S/c37-29-15-14-28(31(38)33-29)36-20-27-23(12-7-13-26(27)32(36)39)17-34-18-25-16-24(34)19-35(25)30(21-8-3-1-4-9-21)22-10-5-2-6-11-22/h1-13,24-25,28,30,32,39H,14-20H2,(H,33,37,38)/t24-,25-,28?,32?/m0/s1. The lowest BCUT2D eigenvalue weighted by Crippen LogP contribution is -2.51. The zero-order chi connectivity index (χ0) is 26.5. The van der Waals surface area contributed by atoms with Crippen molar-refractivity contribution in [3.05, 3.63) is 107 Å². The third-order valence-electron chi connectivity index (χ3n) is 9.18. The van der Waals surface area contributed by atoms with Gasteiger partial charge in [0.05, 0.1) is 17.5 Å². The number of rotatable bonds is 6. The molecule has 0 saturated carbocycles. The van der Waals surface area contributed by atoms with E-state index < -0.39 is 0 Å². The van der Waals surface area contributed by atoms with E-state index in [1.54, 1.807) is 0 Å². The molecule has 3 aromatic rings. The number of benzene rings is 3. The number of fused-ring (bicyclic) bond motifs is 3. The molecule has 3 saturated heterocycles. The quantitative estimate of drug-likeness (QED) is 0.363. The molecule has 4 heterocycles. The third-order valence-corrected chi connectivity index (χ3v) is 9.76. The van der Waals surface area contributed by atoms with Crippen LogP contribution < -0.4 is 5.32 Å². The number of thiol groups is 1. The molecule has 7 heteroatoms. The summed E-state index contributed by atoms with van der Waals surface area (Å²) in [6.07, 6.45) is 2.14. The minimum atomic E-state index is -0.310. The average molecular weight is 539 g/mol. The number of nitrogens with zero attached hydrogens (tertiary/aromatic N) is 3. The van der Waals surface area contributed by atoms with Gasteiger partial charge in [0, 0.05) is 44.7 Å². The topological polar surface area (TPSA) is 55.9 Å². The molecule has 0 spiro atoms. The Hall–Kier alpha value is -2.97. The van der Waals surface area contributed by atoms with Crippen LogP contribution in [0.2, 0.25) is 0 Å². The molecule has 0 radical (unpaired) electrons. The van der Waals surface area contributed by atoms with E-state index in [4.69, 9.17) is 12.6 Å². The van der Waals surface area contributed by atoms with Crippen LogP contribution in [0, 0.1) is 0 Å². The lowest BCUT2D eigenvalue weighted by atomic mass is 9.96. The van der Waals surface area contributed by atoms with Gasteiger partial charge in [0.15, 0.2) is 0 Å². The van der Waals surface area contributed by atoms with Gasteiger partial charge in [-0.05, 0) is 40.7 Å². The Balaban J connectivity index is 1.08. The number of nitrogens with one attached hydrogen (secondary N) is 1. The highest BCUT2D eigenvalue weighted by atomic mass is 32.1. The molecule has 0 aromatic heterocycles. The van der Waals surface area contributed by atoms with Gasteiger partial charge in [-0.1, -0.05) is 78.9 Å². The van der Waals surface area contributed by atoms with Crippen molar-refractivity contribution in [2.24, 2.45) is 0 Å². The number of piperidine rings is 1. The summed E-state index contributed by atoms with van der Waals surface area (Å²) in [4.78, 5) is 31.8. The van der Waals surface area contributed by atoms with Crippen LogP contribution in [0.25, 0.3) is 0 Å². The molecular formula is C32H34N4O2S. The fourth-order valence-corrected chi connectivity index (χ4v) is 7.80. The van der Waals surface area contributed by atoms with E-state index in [2.05, 4.69) is 98.9 Å². The van der Waals surface area contributed by atoms with Gasteiger partial charge in [-0.15, -0.1) is 0 Å². The number of hydrogen-bond donors (Lipinski definition) is 2. The van der Waals surface area contributed by atoms with Gasteiger partial charge in [-0.3, -0.25) is 29.6 Å². The van der Waals surface area contributed by atoms with Crippen molar-refractivity contribution in [3.63, 3.8) is 0 Å². The highest BCUT2D eigenvalue weighted by molar-refractivity contribution is 7.80. The first-order chi connectivity index (χ1) is 19.1. The zero-order valence-corrected chi connectivity index (χ0v) is 22.8. The van der Waals surface area contributed by atoms with Crippen LogP contribution in [0.1, 0.15) is 58.5 Å². The second-order valence-corrected chi connectivity index (χ2v) is 11.9. The number of amides is 2. The Morgan fingerprint density at radius 2 is 1.59 bits per heavy atom. The average Bonchev–Trinajstić information content (AvgIpc) is 3.64. The predicted octanol–water partition coefficient (Wildman–Crippen LogP) is 4.28. The van der Waals surface area contributed by atoms with Gasteiger partial charge in [-0.25, -0.2) is 0 Å². The van der Waals surface area contributed by atoms with Gasteiger partial charge in [0.1, 0.15) is 0 Å². The van der Waals surface area contributed by atoms with E-state index in [1.807, 2.05) is 0 Å². The first-order valence-corrected chi connectivity index (χ1v) is 14.6. The molecule has 39 heavy (non-hydrogen) atoms. The molecule has 1 N–H and O–H groups in total. The fraction of sp³-hybridized carbons (Fsp3) is 0.375. The normalized spacial score (nSPS) is 27.3.